The van der Waals surface area contributed by atoms with E-state index in [4.69, 9.17) is 17.3 Å². The summed E-state index contributed by atoms with van der Waals surface area (Å²) >= 11 is 5.74. The van der Waals surface area contributed by atoms with Gasteiger partial charge in [-0.15, -0.1) is 0 Å². The van der Waals surface area contributed by atoms with Gasteiger partial charge in [-0.2, -0.15) is 0 Å². The summed E-state index contributed by atoms with van der Waals surface area (Å²) in [6, 6.07) is 5.89. The minimum Gasteiger partial charge on any atom is -0.320 e. The third-order valence-electron chi connectivity index (χ3n) is 2.95. The van der Waals surface area contributed by atoms with Crippen LogP contribution in [0.2, 0.25) is 5.02 Å². The van der Waals surface area contributed by atoms with Gasteiger partial charge in [0.2, 0.25) is 0 Å². The number of aryl methyl sites for hydroxylation is 1. The number of hydrogen-bond donors (Lipinski definition) is 1. The van der Waals surface area contributed by atoms with Gasteiger partial charge in [0.1, 0.15) is 5.82 Å². The van der Waals surface area contributed by atoms with Gasteiger partial charge in [-0.25, -0.2) is 4.39 Å². The quantitative estimate of drug-likeness (QED) is 0.922. The molecule has 2 aromatic rings. The molecule has 2 N–H and O–H groups in total. The molecule has 1 aromatic heterocycles. The molecule has 0 bridgehead atoms. The third-order valence-corrected chi connectivity index (χ3v) is 3.19. The SMILES string of the molecule is CCc1cnccc1C(N)c1ccc(Cl)cc1F. The molecular weight excluding hydrogens is 251 g/mol. The summed E-state index contributed by atoms with van der Waals surface area (Å²) in [6.07, 6.45) is 4.25. The highest BCUT2D eigenvalue weighted by molar-refractivity contribution is 6.30. The van der Waals surface area contributed by atoms with Crippen molar-refractivity contribution in [1.82, 2.24) is 4.98 Å². The van der Waals surface area contributed by atoms with E-state index in [9.17, 15) is 4.39 Å². The van der Waals surface area contributed by atoms with E-state index >= 15 is 0 Å². The fourth-order valence-electron chi connectivity index (χ4n) is 1.96. The summed E-state index contributed by atoms with van der Waals surface area (Å²) in [5, 5.41) is 0.369. The van der Waals surface area contributed by atoms with Crippen LogP contribution in [0.25, 0.3) is 0 Å². The molecule has 0 aliphatic heterocycles. The van der Waals surface area contributed by atoms with Crippen LogP contribution in [-0.2, 0) is 6.42 Å². The van der Waals surface area contributed by atoms with Gasteiger partial charge in [0.05, 0.1) is 6.04 Å². The second kappa shape index (κ2) is 5.46. The highest BCUT2D eigenvalue weighted by atomic mass is 35.5. The molecule has 94 valence electrons. The van der Waals surface area contributed by atoms with Gasteiger partial charge < -0.3 is 5.73 Å². The van der Waals surface area contributed by atoms with Gasteiger partial charge in [-0.05, 0) is 35.7 Å². The molecule has 0 aliphatic carbocycles. The number of halogens is 2. The molecule has 0 amide bonds. The van der Waals surface area contributed by atoms with Gasteiger partial charge in [0.15, 0.2) is 0 Å². The zero-order chi connectivity index (χ0) is 13.1. The number of aromatic nitrogens is 1. The molecule has 2 rings (SSSR count). The minimum atomic E-state index is -0.500. The van der Waals surface area contributed by atoms with E-state index in [2.05, 4.69) is 4.98 Å². The summed E-state index contributed by atoms with van der Waals surface area (Å²) in [4.78, 5) is 4.06. The molecule has 0 spiro atoms. The number of nitrogens with zero attached hydrogens (tertiary/aromatic N) is 1. The number of benzene rings is 1. The number of pyridine rings is 1. The molecule has 1 heterocycles. The zero-order valence-corrected chi connectivity index (χ0v) is 10.8. The summed E-state index contributed by atoms with van der Waals surface area (Å²) in [6.45, 7) is 2.02. The lowest BCUT2D eigenvalue weighted by molar-refractivity contribution is 0.599. The predicted molar refractivity (Wildman–Crippen MR) is 71.1 cm³/mol. The molecule has 1 aromatic carbocycles. The van der Waals surface area contributed by atoms with Crippen LogP contribution in [0.4, 0.5) is 4.39 Å². The Morgan fingerprint density at radius 3 is 2.78 bits per heavy atom. The Bertz CT molecular complexity index is 557. The molecule has 0 fully saturated rings. The Kier molecular flexibility index (Phi) is 3.94. The molecule has 0 saturated heterocycles. The van der Waals surface area contributed by atoms with Crippen molar-refractivity contribution in [1.29, 1.82) is 0 Å². The molecule has 1 unspecified atom stereocenters. The van der Waals surface area contributed by atoms with E-state index < -0.39 is 6.04 Å². The van der Waals surface area contributed by atoms with Crippen LogP contribution in [0, 0.1) is 5.82 Å². The number of hydrogen-bond acceptors (Lipinski definition) is 2. The van der Waals surface area contributed by atoms with Crippen LogP contribution in [0.15, 0.2) is 36.7 Å². The maximum Gasteiger partial charge on any atom is 0.129 e. The predicted octanol–water partition coefficient (Wildman–Crippen LogP) is 3.48. The lowest BCUT2D eigenvalue weighted by atomic mass is 9.95. The maximum absolute atomic E-state index is 13.8. The molecule has 1 atom stereocenters. The van der Waals surface area contributed by atoms with Gasteiger partial charge in [0, 0.05) is 23.0 Å². The Hall–Kier alpha value is -1.45. The Morgan fingerprint density at radius 2 is 2.11 bits per heavy atom. The van der Waals surface area contributed by atoms with Crippen molar-refractivity contribution in [2.75, 3.05) is 0 Å². The normalized spacial score (nSPS) is 12.4. The lowest BCUT2D eigenvalue weighted by Gasteiger charge is -2.16. The Morgan fingerprint density at radius 1 is 1.33 bits per heavy atom. The average Bonchev–Trinajstić information content (AvgIpc) is 2.38. The van der Waals surface area contributed by atoms with Crippen LogP contribution >= 0.6 is 11.6 Å². The third kappa shape index (κ3) is 2.52. The van der Waals surface area contributed by atoms with E-state index in [0.29, 0.717) is 10.6 Å². The lowest BCUT2D eigenvalue weighted by Crippen LogP contribution is -2.15. The van der Waals surface area contributed by atoms with Crippen LogP contribution in [-0.4, -0.2) is 4.98 Å². The monoisotopic (exact) mass is 264 g/mol. The average molecular weight is 265 g/mol. The van der Waals surface area contributed by atoms with Crippen molar-refractivity contribution in [2.45, 2.75) is 19.4 Å². The minimum absolute atomic E-state index is 0.369. The summed E-state index contributed by atoms with van der Waals surface area (Å²) < 4.78 is 13.8. The fourth-order valence-corrected chi connectivity index (χ4v) is 2.12. The number of nitrogens with two attached hydrogens (primary N) is 1. The van der Waals surface area contributed by atoms with Gasteiger partial charge in [0.25, 0.3) is 0 Å². The molecule has 0 aliphatic rings. The van der Waals surface area contributed by atoms with Crippen molar-refractivity contribution in [3.8, 4) is 0 Å². The molecule has 2 nitrogen and oxygen atoms in total. The first-order valence-electron chi connectivity index (χ1n) is 5.76. The Labute approximate surface area is 111 Å². The van der Waals surface area contributed by atoms with E-state index in [0.717, 1.165) is 17.5 Å². The van der Waals surface area contributed by atoms with E-state index in [1.54, 1.807) is 24.5 Å². The second-order valence-electron chi connectivity index (χ2n) is 4.07. The highest BCUT2D eigenvalue weighted by Crippen LogP contribution is 2.26. The first-order chi connectivity index (χ1) is 8.63. The Balaban J connectivity index is 2.44. The first kappa shape index (κ1) is 13.0. The van der Waals surface area contributed by atoms with Gasteiger partial charge >= 0.3 is 0 Å². The van der Waals surface area contributed by atoms with Gasteiger partial charge in [-0.3, -0.25) is 4.98 Å². The number of rotatable bonds is 3. The summed E-state index contributed by atoms with van der Waals surface area (Å²) in [5.74, 6) is -0.381. The maximum atomic E-state index is 13.8. The van der Waals surface area contributed by atoms with Crippen molar-refractivity contribution in [3.05, 3.63) is 64.2 Å². The molecule has 4 heteroatoms. The molecular formula is C14H14ClFN2. The van der Waals surface area contributed by atoms with E-state index in [1.165, 1.54) is 6.07 Å². The zero-order valence-electron chi connectivity index (χ0n) is 10.0. The van der Waals surface area contributed by atoms with Crippen molar-refractivity contribution < 1.29 is 4.39 Å². The van der Waals surface area contributed by atoms with Crippen LogP contribution < -0.4 is 5.73 Å². The van der Waals surface area contributed by atoms with Crippen LogP contribution in [0.1, 0.15) is 29.7 Å². The second-order valence-corrected chi connectivity index (χ2v) is 4.51. The van der Waals surface area contributed by atoms with E-state index in [1.807, 2.05) is 13.0 Å². The standard InChI is InChI=1S/C14H14ClFN2/c1-2-9-8-18-6-5-11(9)14(17)12-4-3-10(15)7-13(12)16/h3-8,14H,2,17H2,1H3. The van der Waals surface area contributed by atoms with Crippen molar-refractivity contribution in [2.24, 2.45) is 5.73 Å². The topological polar surface area (TPSA) is 38.9 Å². The van der Waals surface area contributed by atoms with E-state index in [-0.39, 0.29) is 5.82 Å². The van der Waals surface area contributed by atoms with Gasteiger partial charge in [-0.1, -0.05) is 24.6 Å². The molecule has 0 saturated carbocycles. The first-order valence-corrected chi connectivity index (χ1v) is 6.14. The van der Waals surface area contributed by atoms with Crippen molar-refractivity contribution in [3.63, 3.8) is 0 Å². The molecule has 18 heavy (non-hydrogen) atoms. The summed E-state index contributed by atoms with van der Waals surface area (Å²) in [5.41, 5.74) is 8.50. The highest BCUT2D eigenvalue weighted by Gasteiger charge is 2.16. The summed E-state index contributed by atoms with van der Waals surface area (Å²) in [7, 11) is 0. The smallest absolute Gasteiger partial charge is 0.129 e. The van der Waals surface area contributed by atoms with Crippen molar-refractivity contribution >= 4 is 11.6 Å². The van der Waals surface area contributed by atoms with Crippen LogP contribution in [0.5, 0.6) is 0 Å². The molecule has 0 radical (unpaired) electrons. The van der Waals surface area contributed by atoms with Crippen LogP contribution in [0.3, 0.4) is 0 Å². The fraction of sp³-hybridized carbons (Fsp3) is 0.214. The largest absolute Gasteiger partial charge is 0.320 e.